The lowest BCUT2D eigenvalue weighted by atomic mass is 10.1. The Bertz CT molecular complexity index is 1050. The maximum atomic E-state index is 13.0. The monoisotopic (exact) mass is 522 g/mol. The van der Waals surface area contributed by atoms with Gasteiger partial charge in [0.2, 0.25) is 0 Å². The van der Waals surface area contributed by atoms with E-state index in [1.54, 1.807) is 24.3 Å². The quantitative estimate of drug-likeness (QED) is 0.444. The number of hydrogen-bond donors (Lipinski definition) is 2. The van der Waals surface area contributed by atoms with Gasteiger partial charge < -0.3 is 24.7 Å². The molecule has 1 fully saturated rings. The largest absolute Gasteiger partial charge is 0.465 e. The van der Waals surface area contributed by atoms with Crippen molar-refractivity contribution in [2.75, 3.05) is 31.1 Å². The van der Waals surface area contributed by atoms with Crippen LogP contribution in [0.2, 0.25) is 0 Å². The molecule has 0 bridgehead atoms. The average Bonchev–Trinajstić information content (AvgIpc) is 2.78. The number of halogens is 1. The van der Waals surface area contributed by atoms with E-state index in [1.165, 1.54) is 29.2 Å². The molecule has 1 saturated heterocycles. The van der Waals surface area contributed by atoms with Gasteiger partial charge in [0.05, 0.1) is 17.5 Å². The summed E-state index contributed by atoms with van der Waals surface area (Å²) in [7, 11) is 0. The van der Waals surface area contributed by atoms with Gasteiger partial charge in [0.15, 0.2) is 0 Å². The Morgan fingerprint density at radius 3 is 2.24 bits per heavy atom. The molecule has 0 aliphatic carbocycles. The van der Waals surface area contributed by atoms with Crippen molar-refractivity contribution in [2.45, 2.75) is 6.04 Å². The summed E-state index contributed by atoms with van der Waals surface area (Å²) in [6.07, 6.45) is -3.28. The first kappa shape index (κ1) is 23.8. The number of rotatable bonds is 5. The maximum absolute atomic E-state index is 13.0. The van der Waals surface area contributed by atoms with E-state index in [4.69, 9.17) is 4.74 Å². The van der Waals surface area contributed by atoms with Crippen LogP contribution >= 0.6 is 15.9 Å². The second-order valence-corrected chi connectivity index (χ2v) is 7.98. The fourth-order valence-electron chi connectivity index (χ4n) is 3.35. The number of benzene rings is 2. The lowest BCUT2D eigenvalue weighted by Gasteiger charge is -2.40. The van der Waals surface area contributed by atoms with Crippen molar-refractivity contribution < 1.29 is 34.3 Å². The van der Waals surface area contributed by atoms with Gasteiger partial charge in [-0.3, -0.25) is 15.0 Å². The standard InChI is InChI=1S/C20H19BrN4O8/c21-13-1-3-14(4-2-13)24(20(30)33-17-7-5-15(6-8-17)25(31)32)12-16-11-22(18(26)27)9-10-23(16)19(28)29/h1-8,16H,9-12H2,(H,26,27)(H,28,29)/t16-/m0/s1. The Kier molecular flexibility index (Phi) is 7.33. The van der Waals surface area contributed by atoms with Crippen LogP contribution in [0.1, 0.15) is 0 Å². The predicted octanol–water partition coefficient (Wildman–Crippen LogP) is 3.70. The Balaban J connectivity index is 1.87. The fourth-order valence-corrected chi connectivity index (χ4v) is 3.61. The van der Waals surface area contributed by atoms with Crippen molar-refractivity contribution in [3.63, 3.8) is 0 Å². The minimum Gasteiger partial charge on any atom is -0.465 e. The Labute approximate surface area is 195 Å². The van der Waals surface area contributed by atoms with E-state index < -0.39 is 29.2 Å². The van der Waals surface area contributed by atoms with Crippen molar-refractivity contribution in [3.8, 4) is 5.75 Å². The molecule has 1 aliphatic heterocycles. The number of nitro benzene ring substituents is 1. The Morgan fingerprint density at radius 2 is 1.70 bits per heavy atom. The highest BCUT2D eigenvalue weighted by Crippen LogP contribution is 2.24. The summed E-state index contributed by atoms with van der Waals surface area (Å²) < 4.78 is 6.11. The molecular formula is C20H19BrN4O8. The number of ether oxygens (including phenoxy) is 1. The molecule has 3 amide bonds. The van der Waals surface area contributed by atoms with Crippen LogP contribution in [-0.4, -0.2) is 75.4 Å². The second-order valence-electron chi connectivity index (χ2n) is 7.06. The molecule has 0 saturated carbocycles. The van der Waals surface area contributed by atoms with Gasteiger partial charge in [0, 0.05) is 41.9 Å². The zero-order valence-corrected chi connectivity index (χ0v) is 18.6. The normalized spacial score (nSPS) is 15.6. The fraction of sp³-hybridized carbons (Fsp3) is 0.250. The molecule has 12 nitrogen and oxygen atoms in total. The Hall–Kier alpha value is -3.87. The number of hydrogen-bond acceptors (Lipinski definition) is 6. The highest BCUT2D eigenvalue weighted by Gasteiger charge is 2.35. The van der Waals surface area contributed by atoms with Gasteiger partial charge in [-0.15, -0.1) is 0 Å². The van der Waals surface area contributed by atoms with Crippen molar-refractivity contribution in [1.82, 2.24) is 9.80 Å². The topological polar surface area (TPSA) is 154 Å². The van der Waals surface area contributed by atoms with Crippen LogP contribution < -0.4 is 9.64 Å². The minimum absolute atomic E-state index is 0.0175. The lowest BCUT2D eigenvalue weighted by Crippen LogP contribution is -2.60. The highest BCUT2D eigenvalue weighted by atomic mass is 79.9. The molecule has 1 aliphatic rings. The van der Waals surface area contributed by atoms with E-state index in [0.29, 0.717) is 5.69 Å². The van der Waals surface area contributed by atoms with Crippen molar-refractivity contribution in [2.24, 2.45) is 0 Å². The van der Waals surface area contributed by atoms with Gasteiger partial charge in [-0.1, -0.05) is 15.9 Å². The van der Waals surface area contributed by atoms with Crippen LogP contribution in [0, 0.1) is 10.1 Å². The molecule has 2 aromatic rings. The summed E-state index contributed by atoms with van der Waals surface area (Å²) in [6.45, 7) is -0.329. The van der Waals surface area contributed by atoms with Crippen LogP contribution in [0.3, 0.4) is 0 Å². The molecule has 1 heterocycles. The lowest BCUT2D eigenvalue weighted by molar-refractivity contribution is -0.384. The number of carbonyl (C=O) groups is 3. The van der Waals surface area contributed by atoms with E-state index in [1.807, 2.05) is 0 Å². The smallest absolute Gasteiger partial charge is 0.419 e. The number of amides is 3. The van der Waals surface area contributed by atoms with E-state index in [2.05, 4.69) is 15.9 Å². The average molecular weight is 523 g/mol. The summed E-state index contributed by atoms with van der Waals surface area (Å²) in [5.41, 5.74) is 0.218. The van der Waals surface area contributed by atoms with Gasteiger partial charge in [-0.05, 0) is 36.4 Å². The van der Waals surface area contributed by atoms with Crippen LogP contribution in [-0.2, 0) is 0 Å². The van der Waals surface area contributed by atoms with Crippen molar-refractivity contribution in [3.05, 3.63) is 63.1 Å². The van der Waals surface area contributed by atoms with Gasteiger partial charge in [-0.2, -0.15) is 0 Å². The highest BCUT2D eigenvalue weighted by molar-refractivity contribution is 9.10. The van der Waals surface area contributed by atoms with Gasteiger partial charge in [0.25, 0.3) is 5.69 Å². The second kappa shape index (κ2) is 10.2. The number of carboxylic acid groups (broad SMARTS) is 2. The van der Waals surface area contributed by atoms with Crippen LogP contribution in [0.5, 0.6) is 5.75 Å². The molecular weight excluding hydrogens is 504 g/mol. The van der Waals surface area contributed by atoms with Crippen LogP contribution in [0.25, 0.3) is 0 Å². The first-order chi connectivity index (χ1) is 15.7. The van der Waals surface area contributed by atoms with E-state index >= 15 is 0 Å². The van der Waals surface area contributed by atoms with E-state index in [-0.39, 0.29) is 37.6 Å². The van der Waals surface area contributed by atoms with Gasteiger partial charge >= 0.3 is 18.3 Å². The first-order valence-corrected chi connectivity index (χ1v) is 10.4. The number of carbonyl (C=O) groups excluding carboxylic acids is 1. The number of non-ortho nitro benzene ring substituents is 1. The number of piperazine rings is 1. The zero-order chi connectivity index (χ0) is 24.1. The number of nitro groups is 1. The first-order valence-electron chi connectivity index (χ1n) is 9.62. The summed E-state index contributed by atoms with van der Waals surface area (Å²) in [4.78, 5) is 49.8. The molecule has 174 valence electrons. The molecule has 0 spiro atoms. The third kappa shape index (κ3) is 5.88. The number of anilines is 1. The predicted molar refractivity (Wildman–Crippen MR) is 119 cm³/mol. The third-order valence-corrected chi connectivity index (χ3v) is 5.53. The van der Waals surface area contributed by atoms with E-state index in [0.717, 1.165) is 14.3 Å². The zero-order valence-electron chi connectivity index (χ0n) is 17.0. The molecule has 13 heteroatoms. The summed E-state index contributed by atoms with van der Waals surface area (Å²) in [6, 6.07) is 10.7. The van der Waals surface area contributed by atoms with Crippen molar-refractivity contribution in [1.29, 1.82) is 0 Å². The molecule has 33 heavy (non-hydrogen) atoms. The van der Waals surface area contributed by atoms with Gasteiger partial charge in [0.1, 0.15) is 5.75 Å². The molecule has 0 radical (unpaired) electrons. The molecule has 1 atom stereocenters. The number of nitrogens with zero attached hydrogens (tertiary/aromatic N) is 4. The summed E-state index contributed by atoms with van der Waals surface area (Å²) >= 11 is 3.31. The maximum Gasteiger partial charge on any atom is 0.419 e. The summed E-state index contributed by atoms with van der Waals surface area (Å²) in [5, 5.41) is 29.7. The molecule has 0 aromatic heterocycles. The molecule has 0 unspecified atom stereocenters. The third-order valence-electron chi connectivity index (χ3n) is 5.00. The molecule has 2 aromatic carbocycles. The summed E-state index contributed by atoms with van der Waals surface area (Å²) in [5.74, 6) is 0.0543. The minimum atomic E-state index is -1.23. The SMILES string of the molecule is O=C(O)N1CCN(C(=O)O)[C@H](CN(C(=O)Oc2ccc([N+](=O)[O-])cc2)c2ccc(Br)cc2)C1. The molecule has 2 N–H and O–H groups in total. The molecule has 3 rings (SSSR count). The van der Waals surface area contributed by atoms with Crippen LogP contribution in [0.4, 0.5) is 25.8 Å². The Morgan fingerprint density at radius 1 is 1.06 bits per heavy atom. The van der Waals surface area contributed by atoms with Crippen LogP contribution in [0.15, 0.2) is 53.0 Å². The van der Waals surface area contributed by atoms with Crippen molar-refractivity contribution >= 4 is 45.6 Å². The van der Waals surface area contributed by atoms with Gasteiger partial charge in [-0.25, -0.2) is 14.4 Å². The van der Waals surface area contributed by atoms with E-state index in [9.17, 15) is 34.7 Å².